The van der Waals surface area contributed by atoms with Gasteiger partial charge in [-0.15, -0.1) is 11.3 Å². The van der Waals surface area contributed by atoms with Gasteiger partial charge in [-0.1, -0.05) is 0 Å². The molecular weight excluding hydrogens is 250 g/mol. The number of fused-ring (bicyclic) bond motifs is 1. The van der Waals surface area contributed by atoms with Crippen LogP contribution in [0.4, 0.5) is 0 Å². The third-order valence-corrected chi connectivity index (χ3v) is 3.52. The molecule has 18 heavy (non-hydrogen) atoms. The van der Waals surface area contributed by atoms with Gasteiger partial charge in [0.2, 0.25) is 0 Å². The summed E-state index contributed by atoms with van der Waals surface area (Å²) < 4.78 is 11.0. The zero-order valence-electron chi connectivity index (χ0n) is 9.59. The van der Waals surface area contributed by atoms with E-state index >= 15 is 0 Å². The zero-order valence-corrected chi connectivity index (χ0v) is 10.4. The van der Waals surface area contributed by atoms with Crippen LogP contribution in [0.5, 0.6) is 11.5 Å². The number of carbonyl (C=O) groups is 1. The van der Waals surface area contributed by atoms with Crippen molar-refractivity contribution in [3.63, 3.8) is 0 Å². The predicted octanol–water partition coefficient (Wildman–Crippen LogP) is 2.32. The SMILES string of the molecule is O=CCc1nc(-c2ccc3c(c2)OCCO3)cs1. The molecule has 1 aromatic heterocycles. The summed E-state index contributed by atoms with van der Waals surface area (Å²) in [5, 5.41) is 2.78. The lowest BCUT2D eigenvalue weighted by atomic mass is 10.1. The molecule has 0 amide bonds. The maximum atomic E-state index is 10.4. The summed E-state index contributed by atoms with van der Waals surface area (Å²) in [7, 11) is 0. The molecule has 0 saturated carbocycles. The molecular formula is C13H11NO3S. The van der Waals surface area contributed by atoms with E-state index < -0.39 is 0 Å². The van der Waals surface area contributed by atoms with Gasteiger partial charge in [0.15, 0.2) is 11.5 Å². The third-order valence-electron chi connectivity index (χ3n) is 2.65. The van der Waals surface area contributed by atoms with Crippen molar-refractivity contribution in [2.75, 3.05) is 13.2 Å². The van der Waals surface area contributed by atoms with Gasteiger partial charge in [0.1, 0.15) is 24.5 Å². The van der Waals surface area contributed by atoms with Crippen LogP contribution in [0.2, 0.25) is 0 Å². The van der Waals surface area contributed by atoms with Gasteiger partial charge in [-0.3, -0.25) is 0 Å². The second-order valence-corrected chi connectivity index (χ2v) is 4.80. The molecule has 0 atom stereocenters. The first-order valence-corrected chi connectivity index (χ1v) is 6.53. The summed E-state index contributed by atoms with van der Waals surface area (Å²) in [4.78, 5) is 14.9. The van der Waals surface area contributed by atoms with Gasteiger partial charge in [-0.2, -0.15) is 0 Å². The van der Waals surface area contributed by atoms with E-state index in [2.05, 4.69) is 4.98 Å². The van der Waals surface area contributed by atoms with E-state index in [1.807, 2.05) is 23.6 Å². The molecule has 0 unspecified atom stereocenters. The number of hydrogen-bond donors (Lipinski definition) is 0. The van der Waals surface area contributed by atoms with E-state index in [9.17, 15) is 4.79 Å². The Morgan fingerprint density at radius 1 is 1.28 bits per heavy atom. The van der Waals surface area contributed by atoms with Crippen LogP contribution in [0.25, 0.3) is 11.3 Å². The Labute approximate surface area is 108 Å². The van der Waals surface area contributed by atoms with E-state index in [0.29, 0.717) is 19.6 Å². The molecule has 1 aliphatic rings. The Morgan fingerprint density at radius 2 is 2.11 bits per heavy atom. The molecule has 0 radical (unpaired) electrons. The smallest absolute Gasteiger partial charge is 0.162 e. The van der Waals surface area contributed by atoms with Crippen molar-refractivity contribution in [3.05, 3.63) is 28.6 Å². The molecule has 1 aliphatic heterocycles. The normalized spacial score (nSPS) is 13.3. The highest BCUT2D eigenvalue weighted by Gasteiger charge is 2.13. The van der Waals surface area contributed by atoms with E-state index in [-0.39, 0.29) is 0 Å². The van der Waals surface area contributed by atoms with Gasteiger partial charge < -0.3 is 14.3 Å². The van der Waals surface area contributed by atoms with Crippen LogP contribution >= 0.6 is 11.3 Å². The molecule has 0 aliphatic carbocycles. The zero-order chi connectivity index (χ0) is 12.4. The lowest BCUT2D eigenvalue weighted by Gasteiger charge is -2.18. The molecule has 3 rings (SSSR count). The number of aldehydes is 1. The quantitative estimate of drug-likeness (QED) is 0.796. The molecule has 5 heteroatoms. The van der Waals surface area contributed by atoms with Crippen LogP contribution < -0.4 is 9.47 Å². The van der Waals surface area contributed by atoms with E-state index in [0.717, 1.165) is 34.1 Å². The van der Waals surface area contributed by atoms with Crippen LogP contribution in [0.1, 0.15) is 5.01 Å². The van der Waals surface area contributed by atoms with Crippen LogP contribution in [0, 0.1) is 0 Å². The monoisotopic (exact) mass is 261 g/mol. The molecule has 92 valence electrons. The maximum absolute atomic E-state index is 10.4. The summed E-state index contributed by atoms with van der Waals surface area (Å²) >= 11 is 1.49. The molecule has 0 saturated heterocycles. The lowest BCUT2D eigenvalue weighted by molar-refractivity contribution is -0.107. The molecule has 4 nitrogen and oxygen atoms in total. The summed E-state index contributed by atoms with van der Waals surface area (Å²) in [6, 6.07) is 5.77. The highest BCUT2D eigenvalue weighted by atomic mass is 32.1. The van der Waals surface area contributed by atoms with Gasteiger partial charge >= 0.3 is 0 Å². The number of thiazole rings is 1. The number of carbonyl (C=O) groups excluding carboxylic acids is 1. The second kappa shape index (κ2) is 4.78. The standard InChI is InChI=1S/C13H11NO3S/c15-4-3-13-14-10(8-18-13)9-1-2-11-12(7-9)17-6-5-16-11/h1-2,4,7-8H,3,5-6H2. The Morgan fingerprint density at radius 3 is 2.94 bits per heavy atom. The number of ether oxygens (including phenoxy) is 2. The fourth-order valence-corrected chi connectivity index (χ4v) is 2.56. The van der Waals surface area contributed by atoms with E-state index in [1.165, 1.54) is 11.3 Å². The van der Waals surface area contributed by atoms with Crippen molar-refractivity contribution < 1.29 is 14.3 Å². The van der Waals surface area contributed by atoms with Crippen molar-refractivity contribution >= 4 is 17.6 Å². The van der Waals surface area contributed by atoms with Gasteiger partial charge in [-0.05, 0) is 18.2 Å². The lowest BCUT2D eigenvalue weighted by Crippen LogP contribution is -2.15. The number of aromatic nitrogens is 1. The van der Waals surface area contributed by atoms with Crippen molar-refractivity contribution in [1.82, 2.24) is 4.98 Å². The first-order valence-electron chi connectivity index (χ1n) is 5.65. The Kier molecular flexibility index (Phi) is 2.98. The summed E-state index contributed by atoms with van der Waals surface area (Å²) in [6.07, 6.45) is 1.24. The summed E-state index contributed by atoms with van der Waals surface area (Å²) in [5.41, 5.74) is 1.85. The molecule has 2 aromatic rings. The van der Waals surface area contributed by atoms with Crippen LogP contribution in [0.3, 0.4) is 0 Å². The highest BCUT2D eigenvalue weighted by Crippen LogP contribution is 2.34. The molecule has 0 bridgehead atoms. The Bertz CT molecular complexity index is 579. The van der Waals surface area contributed by atoms with Crippen LogP contribution in [0.15, 0.2) is 23.6 Å². The average molecular weight is 261 g/mol. The first-order chi connectivity index (χ1) is 8.86. The van der Waals surface area contributed by atoms with Crippen molar-refractivity contribution in [1.29, 1.82) is 0 Å². The Balaban J connectivity index is 1.93. The minimum absolute atomic E-state index is 0.370. The summed E-state index contributed by atoms with van der Waals surface area (Å²) in [5.74, 6) is 1.53. The molecule has 1 aromatic carbocycles. The maximum Gasteiger partial charge on any atom is 0.162 e. The van der Waals surface area contributed by atoms with Crippen molar-refractivity contribution in [2.24, 2.45) is 0 Å². The Hall–Kier alpha value is -1.88. The fourth-order valence-electron chi connectivity index (χ4n) is 1.81. The molecule has 0 N–H and O–H groups in total. The summed E-state index contributed by atoms with van der Waals surface area (Å²) in [6.45, 7) is 1.16. The largest absolute Gasteiger partial charge is 0.486 e. The first kappa shape index (κ1) is 11.2. The van der Waals surface area contributed by atoms with Crippen LogP contribution in [-0.2, 0) is 11.2 Å². The average Bonchev–Trinajstić information content (AvgIpc) is 2.87. The van der Waals surface area contributed by atoms with Gasteiger partial charge in [0, 0.05) is 10.9 Å². The second-order valence-electron chi connectivity index (χ2n) is 3.86. The topological polar surface area (TPSA) is 48.4 Å². The number of benzene rings is 1. The van der Waals surface area contributed by atoms with Crippen LogP contribution in [-0.4, -0.2) is 24.5 Å². The highest BCUT2D eigenvalue weighted by molar-refractivity contribution is 7.10. The third kappa shape index (κ3) is 2.09. The van der Waals surface area contributed by atoms with Gasteiger partial charge in [0.05, 0.1) is 12.1 Å². The number of rotatable bonds is 3. The fraction of sp³-hybridized carbons (Fsp3) is 0.231. The van der Waals surface area contributed by atoms with Gasteiger partial charge in [-0.25, -0.2) is 4.98 Å². The van der Waals surface area contributed by atoms with E-state index in [4.69, 9.17) is 9.47 Å². The minimum Gasteiger partial charge on any atom is -0.486 e. The number of nitrogens with zero attached hydrogens (tertiary/aromatic N) is 1. The number of hydrogen-bond acceptors (Lipinski definition) is 5. The molecule has 0 spiro atoms. The predicted molar refractivity (Wildman–Crippen MR) is 68.3 cm³/mol. The molecule has 2 heterocycles. The van der Waals surface area contributed by atoms with Crippen molar-refractivity contribution in [3.8, 4) is 22.8 Å². The van der Waals surface area contributed by atoms with E-state index in [1.54, 1.807) is 0 Å². The van der Waals surface area contributed by atoms with Gasteiger partial charge in [0.25, 0.3) is 0 Å². The van der Waals surface area contributed by atoms with Crippen molar-refractivity contribution in [2.45, 2.75) is 6.42 Å². The molecule has 0 fully saturated rings. The minimum atomic E-state index is 0.370.